The molecule has 0 bridgehead atoms. The van der Waals surface area contributed by atoms with Crippen LogP contribution in [-0.2, 0) is 4.74 Å². The summed E-state index contributed by atoms with van der Waals surface area (Å²) >= 11 is 0. The molecule has 3 aliphatic rings. The van der Waals surface area contributed by atoms with Gasteiger partial charge in [0.05, 0.1) is 12.7 Å². The van der Waals surface area contributed by atoms with E-state index in [1.165, 1.54) is 25.7 Å². The molecule has 0 aromatic heterocycles. The van der Waals surface area contributed by atoms with Crippen LogP contribution in [0.25, 0.3) is 0 Å². The molecule has 4 heteroatoms. The summed E-state index contributed by atoms with van der Waals surface area (Å²) in [4.78, 5) is 2.46. The lowest BCUT2D eigenvalue weighted by molar-refractivity contribution is -0.0389. The molecule has 19 heavy (non-hydrogen) atoms. The third-order valence-corrected chi connectivity index (χ3v) is 4.79. The fourth-order valence-corrected chi connectivity index (χ4v) is 3.53. The lowest BCUT2D eigenvalue weighted by Gasteiger charge is -2.43. The first kappa shape index (κ1) is 13.8. The van der Waals surface area contributed by atoms with Gasteiger partial charge in [0.2, 0.25) is 0 Å². The maximum atomic E-state index is 9.83. The van der Waals surface area contributed by atoms with Crippen molar-refractivity contribution in [2.45, 2.75) is 50.7 Å². The molecular formula is C15H28N2O2. The number of hydrogen-bond acceptors (Lipinski definition) is 4. The molecule has 1 aliphatic carbocycles. The van der Waals surface area contributed by atoms with Crippen LogP contribution in [0.15, 0.2) is 0 Å². The number of aliphatic hydroxyl groups excluding tert-OH is 1. The van der Waals surface area contributed by atoms with E-state index >= 15 is 0 Å². The molecule has 2 N–H and O–H groups in total. The number of nitrogens with one attached hydrogen (secondary N) is 1. The van der Waals surface area contributed by atoms with Crippen molar-refractivity contribution in [3.8, 4) is 0 Å². The number of hydrogen-bond donors (Lipinski definition) is 2. The molecule has 0 amide bonds. The van der Waals surface area contributed by atoms with Crippen molar-refractivity contribution >= 4 is 0 Å². The zero-order valence-corrected chi connectivity index (χ0v) is 11.9. The van der Waals surface area contributed by atoms with Crippen LogP contribution in [0.3, 0.4) is 0 Å². The topological polar surface area (TPSA) is 44.7 Å². The molecule has 3 rings (SSSR count). The van der Waals surface area contributed by atoms with E-state index in [2.05, 4.69) is 10.2 Å². The van der Waals surface area contributed by atoms with E-state index in [-0.39, 0.29) is 11.5 Å². The monoisotopic (exact) mass is 268 g/mol. The molecule has 3 fully saturated rings. The van der Waals surface area contributed by atoms with Gasteiger partial charge in [-0.25, -0.2) is 0 Å². The molecule has 2 heterocycles. The van der Waals surface area contributed by atoms with E-state index in [9.17, 15) is 5.11 Å². The van der Waals surface area contributed by atoms with Crippen LogP contribution in [-0.4, -0.2) is 61.5 Å². The maximum Gasteiger partial charge on any atom is 0.0667 e. The number of ether oxygens (including phenoxy) is 1. The standard InChI is InChI=1S/C15H28N2O2/c18-14-3-1-7-17(9-14)11-15(6-2-8-19-12-15)10-16-13-4-5-13/h13-14,16,18H,1-12H2. The van der Waals surface area contributed by atoms with Crippen LogP contribution in [0.5, 0.6) is 0 Å². The number of β-amino-alcohol motifs (C(OH)–C–C–N with tert-alkyl or cyclic N) is 1. The van der Waals surface area contributed by atoms with E-state index in [0.717, 1.165) is 58.3 Å². The summed E-state index contributed by atoms with van der Waals surface area (Å²) in [5, 5.41) is 13.5. The first-order chi connectivity index (χ1) is 9.26. The Morgan fingerprint density at radius 2 is 2.16 bits per heavy atom. The molecule has 2 saturated heterocycles. The highest BCUT2D eigenvalue weighted by Gasteiger charge is 2.37. The Morgan fingerprint density at radius 3 is 2.84 bits per heavy atom. The highest BCUT2D eigenvalue weighted by atomic mass is 16.5. The second-order valence-electron chi connectivity index (χ2n) is 6.84. The van der Waals surface area contributed by atoms with Crippen LogP contribution >= 0.6 is 0 Å². The number of aliphatic hydroxyl groups is 1. The molecule has 2 unspecified atom stereocenters. The van der Waals surface area contributed by atoms with E-state index in [1.807, 2.05) is 0 Å². The summed E-state index contributed by atoms with van der Waals surface area (Å²) in [6.07, 6.45) is 7.13. The highest BCUT2D eigenvalue weighted by molar-refractivity contribution is 4.92. The number of piperidine rings is 1. The van der Waals surface area contributed by atoms with Crippen molar-refractivity contribution in [3.05, 3.63) is 0 Å². The second-order valence-corrected chi connectivity index (χ2v) is 6.84. The van der Waals surface area contributed by atoms with Crippen LogP contribution in [0, 0.1) is 5.41 Å². The van der Waals surface area contributed by atoms with Crippen molar-refractivity contribution in [2.24, 2.45) is 5.41 Å². The van der Waals surface area contributed by atoms with Gasteiger partial charge in [-0.3, -0.25) is 0 Å². The Morgan fingerprint density at radius 1 is 1.26 bits per heavy atom. The third kappa shape index (κ3) is 3.91. The minimum atomic E-state index is -0.119. The zero-order chi connectivity index (χ0) is 13.1. The van der Waals surface area contributed by atoms with Gasteiger partial charge in [-0.15, -0.1) is 0 Å². The average molecular weight is 268 g/mol. The highest BCUT2D eigenvalue weighted by Crippen LogP contribution is 2.31. The van der Waals surface area contributed by atoms with Gasteiger partial charge in [0.15, 0.2) is 0 Å². The molecule has 2 atom stereocenters. The van der Waals surface area contributed by atoms with E-state index in [1.54, 1.807) is 0 Å². The maximum absolute atomic E-state index is 9.83. The molecular weight excluding hydrogens is 240 g/mol. The molecule has 0 aromatic rings. The summed E-state index contributed by atoms with van der Waals surface area (Å²) < 4.78 is 5.78. The van der Waals surface area contributed by atoms with Gasteiger partial charge in [0.25, 0.3) is 0 Å². The summed E-state index contributed by atoms with van der Waals surface area (Å²) in [5.41, 5.74) is 0.276. The van der Waals surface area contributed by atoms with Gasteiger partial charge < -0.3 is 20.1 Å². The van der Waals surface area contributed by atoms with Crippen molar-refractivity contribution in [1.29, 1.82) is 0 Å². The van der Waals surface area contributed by atoms with Gasteiger partial charge in [-0.2, -0.15) is 0 Å². The van der Waals surface area contributed by atoms with E-state index < -0.39 is 0 Å². The van der Waals surface area contributed by atoms with Crippen molar-refractivity contribution in [3.63, 3.8) is 0 Å². The summed E-state index contributed by atoms with van der Waals surface area (Å²) in [5.74, 6) is 0. The number of rotatable bonds is 5. The van der Waals surface area contributed by atoms with Crippen LogP contribution in [0.1, 0.15) is 38.5 Å². The minimum Gasteiger partial charge on any atom is -0.392 e. The van der Waals surface area contributed by atoms with E-state index in [4.69, 9.17) is 4.74 Å². The largest absolute Gasteiger partial charge is 0.392 e. The van der Waals surface area contributed by atoms with Crippen LogP contribution in [0.2, 0.25) is 0 Å². The van der Waals surface area contributed by atoms with E-state index in [0.29, 0.717) is 0 Å². The fraction of sp³-hybridized carbons (Fsp3) is 1.00. The Hall–Kier alpha value is -0.160. The predicted octanol–water partition coefficient (Wildman–Crippen LogP) is 0.992. The summed E-state index contributed by atoms with van der Waals surface area (Å²) in [7, 11) is 0. The van der Waals surface area contributed by atoms with Gasteiger partial charge in [-0.1, -0.05) is 0 Å². The third-order valence-electron chi connectivity index (χ3n) is 4.79. The smallest absolute Gasteiger partial charge is 0.0667 e. The Kier molecular flexibility index (Phi) is 4.42. The van der Waals surface area contributed by atoms with Gasteiger partial charge in [0.1, 0.15) is 0 Å². The summed E-state index contributed by atoms with van der Waals surface area (Å²) in [6.45, 7) is 5.98. The first-order valence-electron chi connectivity index (χ1n) is 7.97. The molecule has 0 spiro atoms. The van der Waals surface area contributed by atoms with Crippen LogP contribution in [0.4, 0.5) is 0 Å². The quantitative estimate of drug-likeness (QED) is 0.780. The Balaban J connectivity index is 1.56. The van der Waals surface area contributed by atoms with Gasteiger partial charge in [-0.05, 0) is 45.1 Å². The number of nitrogens with zero attached hydrogens (tertiary/aromatic N) is 1. The van der Waals surface area contributed by atoms with Crippen molar-refractivity contribution < 1.29 is 9.84 Å². The minimum absolute atomic E-state index is 0.119. The van der Waals surface area contributed by atoms with Crippen LogP contribution < -0.4 is 5.32 Å². The summed E-state index contributed by atoms with van der Waals surface area (Å²) in [6, 6.07) is 0.769. The predicted molar refractivity (Wildman–Crippen MR) is 75.2 cm³/mol. The normalized spacial score (nSPS) is 37.4. The average Bonchev–Trinajstić information content (AvgIpc) is 3.22. The molecule has 0 radical (unpaired) electrons. The van der Waals surface area contributed by atoms with Crippen molar-refractivity contribution in [1.82, 2.24) is 10.2 Å². The lowest BCUT2D eigenvalue weighted by Crippen LogP contribution is -2.52. The lowest BCUT2D eigenvalue weighted by atomic mass is 9.81. The number of likely N-dealkylation sites (tertiary alicyclic amines) is 1. The second kappa shape index (κ2) is 6.08. The van der Waals surface area contributed by atoms with Gasteiger partial charge in [0, 0.05) is 37.7 Å². The molecule has 110 valence electrons. The SMILES string of the molecule is OC1CCCN(CC2(CNC3CC3)CCCOC2)C1. The molecule has 2 aliphatic heterocycles. The zero-order valence-electron chi connectivity index (χ0n) is 11.9. The molecule has 0 aromatic carbocycles. The Bertz CT molecular complexity index is 288. The first-order valence-corrected chi connectivity index (χ1v) is 7.97. The Labute approximate surface area is 116 Å². The molecule has 1 saturated carbocycles. The van der Waals surface area contributed by atoms with Gasteiger partial charge >= 0.3 is 0 Å². The van der Waals surface area contributed by atoms with Crippen molar-refractivity contribution in [2.75, 3.05) is 39.4 Å². The fourth-order valence-electron chi connectivity index (χ4n) is 3.53. The molecule has 4 nitrogen and oxygen atoms in total.